The maximum Gasteiger partial charge on any atom is 0.0558 e. The van der Waals surface area contributed by atoms with Crippen LogP contribution in [-0.2, 0) is 0 Å². The highest BCUT2D eigenvalue weighted by molar-refractivity contribution is 5.19. The zero-order valence-electron chi connectivity index (χ0n) is 12.5. The SMILES string of the molecule is CCCNC(c1ccccc1)C(C)CN(C)CCO. The van der Waals surface area contributed by atoms with E-state index in [1.54, 1.807) is 0 Å². The number of likely N-dealkylation sites (N-methyl/N-ethyl adjacent to an activating group) is 1. The smallest absolute Gasteiger partial charge is 0.0558 e. The lowest BCUT2D eigenvalue weighted by Gasteiger charge is -2.29. The van der Waals surface area contributed by atoms with Crippen molar-refractivity contribution in [3.8, 4) is 0 Å². The molecular formula is C16H28N2O. The predicted octanol–water partition coefficient (Wildman–Crippen LogP) is 2.29. The number of aliphatic hydroxyl groups excluding tert-OH is 1. The molecule has 0 saturated heterocycles. The highest BCUT2D eigenvalue weighted by Crippen LogP contribution is 2.22. The summed E-state index contributed by atoms with van der Waals surface area (Å²) in [7, 11) is 2.06. The van der Waals surface area contributed by atoms with Crippen molar-refractivity contribution in [2.45, 2.75) is 26.3 Å². The first-order chi connectivity index (χ1) is 9.19. The van der Waals surface area contributed by atoms with Crippen LogP contribution < -0.4 is 5.32 Å². The van der Waals surface area contributed by atoms with Gasteiger partial charge >= 0.3 is 0 Å². The van der Waals surface area contributed by atoms with E-state index in [1.807, 2.05) is 0 Å². The van der Waals surface area contributed by atoms with E-state index < -0.39 is 0 Å². The molecule has 1 aromatic rings. The number of benzene rings is 1. The van der Waals surface area contributed by atoms with Crippen molar-refractivity contribution < 1.29 is 5.11 Å². The van der Waals surface area contributed by atoms with Crippen molar-refractivity contribution in [2.24, 2.45) is 5.92 Å². The third-order valence-corrected chi connectivity index (χ3v) is 3.42. The Balaban J connectivity index is 2.67. The first kappa shape index (κ1) is 16.2. The van der Waals surface area contributed by atoms with Gasteiger partial charge in [-0.3, -0.25) is 0 Å². The van der Waals surface area contributed by atoms with Crippen molar-refractivity contribution in [1.82, 2.24) is 10.2 Å². The van der Waals surface area contributed by atoms with Gasteiger partial charge in [0.2, 0.25) is 0 Å². The molecule has 0 aromatic heterocycles. The van der Waals surface area contributed by atoms with Gasteiger partial charge in [-0.2, -0.15) is 0 Å². The lowest BCUT2D eigenvalue weighted by Crippen LogP contribution is -2.35. The Kier molecular flexibility index (Phi) is 7.72. The largest absolute Gasteiger partial charge is 0.395 e. The van der Waals surface area contributed by atoms with Gasteiger partial charge in [0, 0.05) is 19.1 Å². The maximum atomic E-state index is 8.99. The second-order valence-corrected chi connectivity index (χ2v) is 5.31. The average molecular weight is 264 g/mol. The monoisotopic (exact) mass is 264 g/mol. The lowest BCUT2D eigenvalue weighted by molar-refractivity contribution is 0.192. The van der Waals surface area contributed by atoms with Gasteiger partial charge in [-0.1, -0.05) is 44.2 Å². The van der Waals surface area contributed by atoms with Crippen LogP contribution in [0.25, 0.3) is 0 Å². The van der Waals surface area contributed by atoms with Gasteiger partial charge in [0.05, 0.1) is 6.61 Å². The number of rotatable bonds is 9. The Bertz CT molecular complexity index is 329. The highest BCUT2D eigenvalue weighted by Gasteiger charge is 2.19. The molecule has 3 nitrogen and oxygen atoms in total. The summed E-state index contributed by atoms with van der Waals surface area (Å²) in [6.45, 7) is 7.44. The summed E-state index contributed by atoms with van der Waals surface area (Å²) in [6.07, 6.45) is 1.14. The van der Waals surface area contributed by atoms with Crippen LogP contribution in [0.4, 0.5) is 0 Å². The molecule has 1 aromatic carbocycles. The van der Waals surface area contributed by atoms with Gasteiger partial charge < -0.3 is 15.3 Å². The second kappa shape index (κ2) is 9.08. The Labute approximate surface area is 117 Å². The van der Waals surface area contributed by atoms with Crippen LogP contribution in [0.1, 0.15) is 31.9 Å². The molecule has 3 heteroatoms. The number of hydrogen-bond donors (Lipinski definition) is 2. The standard InChI is InChI=1S/C16H28N2O/c1-4-10-17-16(15-8-6-5-7-9-15)14(2)13-18(3)11-12-19/h5-9,14,16-17,19H,4,10-13H2,1-3H3. The number of nitrogens with zero attached hydrogens (tertiary/aromatic N) is 1. The molecule has 0 bridgehead atoms. The van der Waals surface area contributed by atoms with Gasteiger partial charge in [0.25, 0.3) is 0 Å². The molecule has 0 aliphatic rings. The topological polar surface area (TPSA) is 35.5 Å². The Morgan fingerprint density at radius 1 is 1.26 bits per heavy atom. The summed E-state index contributed by atoms with van der Waals surface area (Å²) in [5.41, 5.74) is 1.35. The number of hydrogen-bond acceptors (Lipinski definition) is 3. The summed E-state index contributed by atoms with van der Waals surface area (Å²) >= 11 is 0. The molecule has 0 aliphatic heterocycles. The fourth-order valence-electron chi connectivity index (χ4n) is 2.47. The molecule has 108 valence electrons. The van der Waals surface area contributed by atoms with Gasteiger partial charge in [-0.15, -0.1) is 0 Å². The minimum Gasteiger partial charge on any atom is -0.395 e. The quantitative estimate of drug-likeness (QED) is 0.718. The Morgan fingerprint density at radius 3 is 2.53 bits per heavy atom. The average Bonchev–Trinajstić information content (AvgIpc) is 2.40. The Hall–Kier alpha value is -0.900. The first-order valence-corrected chi connectivity index (χ1v) is 7.26. The van der Waals surface area contributed by atoms with Crippen LogP contribution >= 0.6 is 0 Å². The molecule has 0 amide bonds. The van der Waals surface area contributed by atoms with Crippen LogP contribution in [-0.4, -0.2) is 43.3 Å². The van der Waals surface area contributed by atoms with Crippen LogP contribution in [0, 0.1) is 5.92 Å². The molecule has 0 heterocycles. The van der Waals surface area contributed by atoms with E-state index in [2.05, 4.69) is 61.4 Å². The summed E-state index contributed by atoms with van der Waals surface area (Å²) < 4.78 is 0. The summed E-state index contributed by atoms with van der Waals surface area (Å²) in [5, 5.41) is 12.6. The van der Waals surface area contributed by atoms with Crippen molar-refractivity contribution in [1.29, 1.82) is 0 Å². The molecular weight excluding hydrogens is 236 g/mol. The normalized spacial score (nSPS) is 14.6. The van der Waals surface area contributed by atoms with Crippen LogP contribution in [0.5, 0.6) is 0 Å². The Morgan fingerprint density at radius 2 is 1.95 bits per heavy atom. The predicted molar refractivity (Wildman–Crippen MR) is 81.2 cm³/mol. The van der Waals surface area contributed by atoms with Gasteiger partial charge in [0.1, 0.15) is 0 Å². The molecule has 2 atom stereocenters. The van der Waals surface area contributed by atoms with Gasteiger partial charge in [-0.25, -0.2) is 0 Å². The van der Waals surface area contributed by atoms with Gasteiger partial charge in [0.15, 0.2) is 0 Å². The van der Waals surface area contributed by atoms with E-state index in [9.17, 15) is 0 Å². The minimum atomic E-state index is 0.224. The summed E-state index contributed by atoms with van der Waals surface area (Å²) in [6, 6.07) is 11.0. The van der Waals surface area contributed by atoms with E-state index in [4.69, 9.17) is 5.11 Å². The van der Waals surface area contributed by atoms with Crippen molar-refractivity contribution in [3.63, 3.8) is 0 Å². The molecule has 0 aliphatic carbocycles. The number of aliphatic hydroxyl groups is 1. The molecule has 0 spiro atoms. The molecule has 0 radical (unpaired) electrons. The molecule has 19 heavy (non-hydrogen) atoms. The minimum absolute atomic E-state index is 0.224. The molecule has 0 fully saturated rings. The summed E-state index contributed by atoms with van der Waals surface area (Å²) in [4.78, 5) is 2.19. The van der Waals surface area contributed by atoms with Crippen molar-refractivity contribution in [2.75, 3.05) is 33.3 Å². The van der Waals surface area contributed by atoms with E-state index in [-0.39, 0.29) is 6.61 Å². The van der Waals surface area contributed by atoms with E-state index in [0.717, 1.165) is 26.1 Å². The zero-order chi connectivity index (χ0) is 14.1. The fraction of sp³-hybridized carbons (Fsp3) is 0.625. The number of nitrogens with one attached hydrogen (secondary N) is 1. The van der Waals surface area contributed by atoms with Crippen LogP contribution in [0.2, 0.25) is 0 Å². The maximum absolute atomic E-state index is 8.99. The zero-order valence-corrected chi connectivity index (χ0v) is 12.5. The third-order valence-electron chi connectivity index (χ3n) is 3.42. The van der Waals surface area contributed by atoms with Crippen molar-refractivity contribution in [3.05, 3.63) is 35.9 Å². The van der Waals surface area contributed by atoms with E-state index >= 15 is 0 Å². The second-order valence-electron chi connectivity index (χ2n) is 5.31. The summed E-state index contributed by atoms with van der Waals surface area (Å²) in [5.74, 6) is 0.505. The van der Waals surface area contributed by atoms with Crippen LogP contribution in [0.15, 0.2) is 30.3 Å². The third kappa shape index (κ3) is 5.72. The lowest BCUT2D eigenvalue weighted by atomic mass is 9.94. The van der Waals surface area contributed by atoms with E-state index in [1.165, 1.54) is 5.56 Å². The molecule has 2 unspecified atom stereocenters. The molecule has 0 saturated carbocycles. The molecule has 1 rings (SSSR count). The fourth-order valence-corrected chi connectivity index (χ4v) is 2.47. The van der Waals surface area contributed by atoms with Crippen molar-refractivity contribution >= 4 is 0 Å². The first-order valence-electron chi connectivity index (χ1n) is 7.26. The van der Waals surface area contributed by atoms with Crippen LogP contribution in [0.3, 0.4) is 0 Å². The van der Waals surface area contributed by atoms with Gasteiger partial charge in [-0.05, 0) is 31.5 Å². The molecule has 2 N–H and O–H groups in total. The highest BCUT2D eigenvalue weighted by atomic mass is 16.3. The van der Waals surface area contributed by atoms with E-state index in [0.29, 0.717) is 12.0 Å².